The third kappa shape index (κ3) is 6.78. The van der Waals surface area contributed by atoms with Gasteiger partial charge in [-0.3, -0.25) is 19.4 Å². The number of H-pyrrole nitrogens is 1. The Bertz CT molecular complexity index is 1240. The summed E-state index contributed by atoms with van der Waals surface area (Å²) in [6, 6.07) is 4.42. The maximum absolute atomic E-state index is 13.7. The predicted octanol–water partition coefficient (Wildman–Crippen LogP) is 3.21. The summed E-state index contributed by atoms with van der Waals surface area (Å²) in [5.41, 5.74) is 3.40. The van der Waals surface area contributed by atoms with Gasteiger partial charge < -0.3 is 21.4 Å². The van der Waals surface area contributed by atoms with Crippen molar-refractivity contribution in [2.24, 2.45) is 11.7 Å². The molecule has 1 aliphatic rings. The standard InChI is InChI=1S/C19H15F4N5O3.C4H8/c20-12-3-1-2-9-6-13(27-15(9)12)18(31)26-8-14(29)28-16(17(24)30)10-7-25-5-4-11(10)19(21,22)23;1-4-2-3-4/h1-7,16,27H,8H2,(H2,24,30)(H,26,31)(H,28,29);4H,2-3H2,1H3. The first-order valence-electron chi connectivity index (χ1n) is 10.6. The van der Waals surface area contributed by atoms with Crippen LogP contribution in [-0.4, -0.2) is 34.2 Å². The van der Waals surface area contributed by atoms with Crippen LogP contribution in [0.25, 0.3) is 10.9 Å². The number of hydrogen-bond donors (Lipinski definition) is 4. The molecule has 3 amide bonds. The van der Waals surface area contributed by atoms with Crippen LogP contribution in [0.5, 0.6) is 0 Å². The first kappa shape index (κ1) is 25.7. The molecule has 2 heterocycles. The summed E-state index contributed by atoms with van der Waals surface area (Å²) in [4.78, 5) is 42.2. The summed E-state index contributed by atoms with van der Waals surface area (Å²) in [7, 11) is 0. The second-order valence-corrected chi connectivity index (χ2v) is 8.12. The third-order valence-corrected chi connectivity index (χ3v) is 5.18. The third-order valence-electron chi connectivity index (χ3n) is 5.18. The molecule has 5 N–H and O–H groups in total. The summed E-state index contributed by atoms with van der Waals surface area (Å²) >= 11 is 0. The van der Waals surface area contributed by atoms with Crippen molar-refractivity contribution in [2.45, 2.75) is 32.0 Å². The van der Waals surface area contributed by atoms with Gasteiger partial charge in [0.1, 0.15) is 17.6 Å². The molecule has 1 atom stereocenters. The SMILES string of the molecule is CC1CC1.NC(=O)C(NC(=O)CNC(=O)c1cc2cccc(F)c2[nH]1)c1cnccc1C(F)(F)F. The maximum Gasteiger partial charge on any atom is 0.416 e. The highest BCUT2D eigenvalue weighted by Gasteiger charge is 2.37. The fourth-order valence-electron chi connectivity index (χ4n) is 3.07. The molecule has 0 radical (unpaired) electrons. The maximum atomic E-state index is 13.7. The van der Waals surface area contributed by atoms with E-state index in [1.165, 1.54) is 31.0 Å². The lowest BCUT2D eigenvalue weighted by Crippen LogP contribution is -2.43. The van der Waals surface area contributed by atoms with Crippen LogP contribution in [0.1, 0.15) is 47.4 Å². The number of para-hydroxylation sites is 1. The molecule has 8 nitrogen and oxygen atoms in total. The van der Waals surface area contributed by atoms with Gasteiger partial charge in [-0.15, -0.1) is 0 Å². The van der Waals surface area contributed by atoms with E-state index in [1.54, 1.807) is 6.07 Å². The number of nitrogens with one attached hydrogen (secondary N) is 3. The van der Waals surface area contributed by atoms with E-state index in [0.717, 1.165) is 18.3 Å². The van der Waals surface area contributed by atoms with Crippen molar-refractivity contribution >= 4 is 28.6 Å². The fourth-order valence-corrected chi connectivity index (χ4v) is 3.07. The second kappa shape index (κ2) is 10.5. The monoisotopic (exact) mass is 493 g/mol. The Balaban J connectivity index is 0.000000775. The molecule has 35 heavy (non-hydrogen) atoms. The number of hydrogen-bond acceptors (Lipinski definition) is 4. The van der Waals surface area contributed by atoms with Gasteiger partial charge in [0, 0.05) is 23.3 Å². The molecule has 2 aromatic heterocycles. The van der Waals surface area contributed by atoms with Crippen LogP contribution in [-0.2, 0) is 15.8 Å². The number of primary amides is 1. The smallest absolute Gasteiger partial charge is 0.368 e. The van der Waals surface area contributed by atoms with Crippen LogP contribution in [0.2, 0.25) is 0 Å². The van der Waals surface area contributed by atoms with Gasteiger partial charge in [-0.05, 0) is 24.1 Å². The average Bonchev–Trinajstić information content (AvgIpc) is 3.45. The first-order chi connectivity index (χ1) is 16.5. The van der Waals surface area contributed by atoms with Crippen molar-refractivity contribution in [1.29, 1.82) is 0 Å². The first-order valence-corrected chi connectivity index (χ1v) is 10.6. The minimum absolute atomic E-state index is 0.0361. The number of carbonyl (C=O) groups excluding carboxylic acids is 3. The van der Waals surface area contributed by atoms with Crippen molar-refractivity contribution in [2.75, 3.05) is 6.54 Å². The summed E-state index contributed by atoms with van der Waals surface area (Å²) in [6.07, 6.45) is -0.179. The van der Waals surface area contributed by atoms with Crippen molar-refractivity contribution in [3.05, 3.63) is 65.4 Å². The second-order valence-electron chi connectivity index (χ2n) is 8.12. The zero-order chi connectivity index (χ0) is 25.8. The van der Waals surface area contributed by atoms with E-state index >= 15 is 0 Å². The number of aromatic amines is 1. The highest BCUT2D eigenvalue weighted by Crippen LogP contribution is 2.34. The molecule has 1 aromatic carbocycles. The molecule has 4 rings (SSSR count). The lowest BCUT2D eigenvalue weighted by Gasteiger charge is -2.20. The summed E-state index contributed by atoms with van der Waals surface area (Å²) in [6.45, 7) is 1.60. The van der Waals surface area contributed by atoms with Crippen LogP contribution >= 0.6 is 0 Å². The molecule has 1 unspecified atom stereocenters. The fraction of sp³-hybridized carbons (Fsp3) is 0.304. The van der Waals surface area contributed by atoms with Crippen LogP contribution < -0.4 is 16.4 Å². The Morgan fingerprint density at radius 2 is 1.91 bits per heavy atom. The van der Waals surface area contributed by atoms with Crippen molar-refractivity contribution in [3.63, 3.8) is 0 Å². The van der Waals surface area contributed by atoms with Crippen LogP contribution in [0, 0.1) is 11.7 Å². The number of alkyl halides is 3. The molecule has 12 heteroatoms. The van der Waals surface area contributed by atoms with Gasteiger partial charge in [-0.2, -0.15) is 13.2 Å². The Morgan fingerprint density at radius 1 is 1.23 bits per heavy atom. The molecule has 0 saturated heterocycles. The molecule has 0 spiro atoms. The van der Waals surface area contributed by atoms with E-state index in [0.29, 0.717) is 11.5 Å². The van der Waals surface area contributed by atoms with Crippen molar-refractivity contribution in [3.8, 4) is 0 Å². The number of aromatic nitrogens is 2. The number of nitrogens with zero attached hydrogens (tertiary/aromatic N) is 1. The van der Waals surface area contributed by atoms with Crippen LogP contribution in [0.3, 0.4) is 0 Å². The van der Waals surface area contributed by atoms with Gasteiger partial charge in [0.05, 0.1) is 17.6 Å². The highest BCUT2D eigenvalue weighted by atomic mass is 19.4. The Hall–Kier alpha value is -3.96. The number of rotatable bonds is 6. The molecule has 1 saturated carbocycles. The highest BCUT2D eigenvalue weighted by molar-refractivity contribution is 6.00. The normalized spacial score (nSPS) is 14.0. The minimum Gasteiger partial charge on any atom is -0.368 e. The minimum atomic E-state index is -4.81. The topological polar surface area (TPSA) is 130 Å². The van der Waals surface area contributed by atoms with Crippen molar-refractivity contribution < 1.29 is 31.9 Å². The van der Waals surface area contributed by atoms with E-state index < -0.39 is 53.4 Å². The summed E-state index contributed by atoms with van der Waals surface area (Å²) < 4.78 is 53.3. The Labute approximate surface area is 197 Å². The number of carbonyl (C=O) groups is 3. The van der Waals surface area contributed by atoms with Gasteiger partial charge in [0.2, 0.25) is 11.8 Å². The zero-order valence-electron chi connectivity index (χ0n) is 18.6. The lowest BCUT2D eigenvalue weighted by atomic mass is 10.0. The van der Waals surface area contributed by atoms with Gasteiger partial charge in [0.25, 0.3) is 5.91 Å². The van der Waals surface area contributed by atoms with Crippen LogP contribution in [0.15, 0.2) is 42.7 Å². The van der Waals surface area contributed by atoms with E-state index in [2.05, 4.69) is 22.2 Å². The van der Waals surface area contributed by atoms with E-state index in [9.17, 15) is 31.9 Å². The number of nitrogens with two attached hydrogens (primary N) is 1. The predicted molar refractivity (Wildman–Crippen MR) is 118 cm³/mol. The number of amides is 3. The number of halogens is 4. The van der Waals surface area contributed by atoms with E-state index in [-0.39, 0.29) is 11.2 Å². The van der Waals surface area contributed by atoms with Gasteiger partial charge in [0.15, 0.2) is 0 Å². The van der Waals surface area contributed by atoms with Gasteiger partial charge in [-0.1, -0.05) is 31.9 Å². The van der Waals surface area contributed by atoms with Gasteiger partial charge >= 0.3 is 6.18 Å². The number of benzene rings is 1. The molecule has 1 fully saturated rings. The molecule has 0 aliphatic heterocycles. The molecule has 0 bridgehead atoms. The average molecular weight is 493 g/mol. The summed E-state index contributed by atoms with van der Waals surface area (Å²) in [5.74, 6) is -2.48. The number of fused-ring (bicyclic) bond motifs is 1. The Morgan fingerprint density at radius 3 is 2.49 bits per heavy atom. The molecule has 186 valence electrons. The molecular weight excluding hydrogens is 470 g/mol. The van der Waals surface area contributed by atoms with Gasteiger partial charge in [-0.25, -0.2) is 4.39 Å². The summed E-state index contributed by atoms with van der Waals surface area (Å²) in [5, 5.41) is 4.70. The zero-order valence-corrected chi connectivity index (χ0v) is 18.6. The van der Waals surface area contributed by atoms with E-state index in [1.807, 2.05) is 5.32 Å². The van der Waals surface area contributed by atoms with Crippen molar-refractivity contribution in [1.82, 2.24) is 20.6 Å². The van der Waals surface area contributed by atoms with Crippen LogP contribution in [0.4, 0.5) is 17.6 Å². The quantitative estimate of drug-likeness (QED) is 0.393. The molecule has 3 aromatic rings. The van der Waals surface area contributed by atoms with E-state index in [4.69, 9.17) is 5.73 Å². The molecule has 1 aliphatic carbocycles. The molecular formula is C23H23F4N5O3. The Kier molecular flexibility index (Phi) is 7.72. The largest absolute Gasteiger partial charge is 0.416 e. The number of pyridine rings is 1. The lowest BCUT2D eigenvalue weighted by molar-refractivity contribution is -0.139.